The van der Waals surface area contributed by atoms with E-state index < -0.39 is 15.8 Å². The van der Waals surface area contributed by atoms with E-state index in [1.165, 1.54) is 23.7 Å². The van der Waals surface area contributed by atoms with E-state index in [1.807, 2.05) is 30.3 Å². The zero-order chi connectivity index (χ0) is 22.3. The molecule has 0 spiro atoms. The Morgan fingerprint density at radius 2 is 1.97 bits per heavy atom. The molecule has 4 rings (SSSR count). The van der Waals surface area contributed by atoms with Gasteiger partial charge < -0.3 is 0 Å². The molecule has 1 aliphatic rings. The standard InChI is InChI=1S/C22H23AsN5O3S/c1-31-16-4-2-14(3-5-16)18-12-17(21(29)27-15-6-8-24-9-7-15)20(32-18)23-22(30)28-19-13-25-10-11-26-19/h2-5,10-13,15,24H,6-9H2,1H3,(H,27,29)(H,26,28,30). The van der Waals surface area contributed by atoms with E-state index in [4.69, 9.17) is 4.74 Å². The quantitative estimate of drug-likeness (QED) is 0.420. The second-order valence-electron chi connectivity index (χ2n) is 7.19. The first kappa shape index (κ1) is 22.5. The van der Waals surface area contributed by atoms with E-state index in [9.17, 15) is 9.59 Å². The van der Waals surface area contributed by atoms with Crippen LogP contribution in [0.1, 0.15) is 23.2 Å². The first-order valence-corrected chi connectivity index (χ1v) is 12.9. The molecule has 0 bridgehead atoms. The van der Waals surface area contributed by atoms with E-state index in [1.54, 1.807) is 13.3 Å². The Morgan fingerprint density at radius 1 is 1.19 bits per heavy atom. The van der Waals surface area contributed by atoms with Crippen LogP contribution in [0.25, 0.3) is 10.4 Å². The molecule has 0 aliphatic carbocycles. The van der Waals surface area contributed by atoms with Crippen LogP contribution in [0.15, 0.2) is 48.9 Å². The minimum absolute atomic E-state index is 0.120. The van der Waals surface area contributed by atoms with Gasteiger partial charge in [0.2, 0.25) is 0 Å². The van der Waals surface area contributed by atoms with Crippen LogP contribution in [0.4, 0.5) is 10.6 Å². The molecule has 3 heterocycles. The van der Waals surface area contributed by atoms with Crippen molar-refractivity contribution in [2.24, 2.45) is 0 Å². The van der Waals surface area contributed by atoms with Gasteiger partial charge in [0, 0.05) is 0 Å². The number of aromatic nitrogens is 2. The fourth-order valence-corrected chi connectivity index (χ4v) is 6.98. The van der Waals surface area contributed by atoms with Crippen LogP contribution in [-0.2, 0) is 0 Å². The molecule has 1 aliphatic heterocycles. The molecule has 1 radical (unpaired) electrons. The van der Waals surface area contributed by atoms with Crippen molar-refractivity contribution in [1.82, 2.24) is 20.6 Å². The topological polar surface area (TPSA) is 105 Å². The molecule has 32 heavy (non-hydrogen) atoms. The Balaban J connectivity index is 1.57. The van der Waals surface area contributed by atoms with E-state index in [-0.39, 0.29) is 16.6 Å². The summed E-state index contributed by atoms with van der Waals surface area (Å²) in [5.74, 6) is 1.05. The number of methoxy groups -OCH3 is 1. The fraction of sp³-hybridized carbons (Fsp3) is 0.273. The van der Waals surface area contributed by atoms with E-state index in [0.717, 1.165) is 45.8 Å². The van der Waals surface area contributed by atoms with Crippen LogP contribution in [0.2, 0.25) is 0 Å². The van der Waals surface area contributed by atoms with Crippen molar-refractivity contribution in [3.8, 4) is 16.2 Å². The number of anilines is 1. The van der Waals surface area contributed by atoms with Crippen molar-refractivity contribution in [1.29, 1.82) is 0 Å². The van der Waals surface area contributed by atoms with Gasteiger partial charge in [0.25, 0.3) is 0 Å². The second kappa shape index (κ2) is 10.7. The van der Waals surface area contributed by atoms with Gasteiger partial charge in [-0.1, -0.05) is 0 Å². The monoisotopic (exact) mass is 512 g/mol. The zero-order valence-electron chi connectivity index (χ0n) is 17.5. The Bertz CT molecular complexity index is 1070. The summed E-state index contributed by atoms with van der Waals surface area (Å²) in [6.45, 7) is 1.79. The van der Waals surface area contributed by atoms with Gasteiger partial charge in [0.15, 0.2) is 0 Å². The van der Waals surface area contributed by atoms with Crippen LogP contribution >= 0.6 is 11.3 Å². The zero-order valence-corrected chi connectivity index (χ0v) is 20.2. The molecular weight excluding hydrogens is 489 g/mol. The van der Waals surface area contributed by atoms with Crippen LogP contribution < -0.4 is 24.4 Å². The van der Waals surface area contributed by atoms with Crippen molar-refractivity contribution < 1.29 is 14.3 Å². The fourth-order valence-electron chi connectivity index (χ4n) is 3.35. The van der Waals surface area contributed by atoms with Crippen LogP contribution in [0.3, 0.4) is 0 Å². The Kier molecular flexibility index (Phi) is 7.52. The molecule has 3 aromatic rings. The Morgan fingerprint density at radius 3 is 2.66 bits per heavy atom. The number of hydrogen-bond donors (Lipinski definition) is 3. The molecule has 1 aromatic carbocycles. The van der Waals surface area contributed by atoms with E-state index >= 15 is 0 Å². The summed E-state index contributed by atoms with van der Waals surface area (Å²) in [5.41, 5.74) is 1.56. The summed E-state index contributed by atoms with van der Waals surface area (Å²) in [4.78, 5) is 34.8. The molecular formula is C22H23AsN5O3S. The molecule has 10 heteroatoms. The molecule has 165 valence electrons. The number of ether oxygens (including phenoxy) is 1. The molecule has 0 saturated carbocycles. The van der Waals surface area contributed by atoms with Gasteiger partial charge in [0.05, 0.1) is 0 Å². The predicted molar refractivity (Wildman–Crippen MR) is 126 cm³/mol. The molecule has 2 amide bonds. The summed E-state index contributed by atoms with van der Waals surface area (Å²) >= 11 is 0.543. The molecule has 8 nitrogen and oxygen atoms in total. The summed E-state index contributed by atoms with van der Waals surface area (Å²) in [6, 6.07) is 9.72. The number of amides is 2. The summed E-state index contributed by atoms with van der Waals surface area (Å²) in [6.07, 6.45) is 6.37. The number of thiophene rings is 1. The summed E-state index contributed by atoms with van der Waals surface area (Å²) in [7, 11) is 1.63. The van der Waals surface area contributed by atoms with Crippen LogP contribution in [0.5, 0.6) is 5.75 Å². The Labute approximate surface area is 196 Å². The van der Waals surface area contributed by atoms with Gasteiger partial charge in [-0.2, -0.15) is 0 Å². The third kappa shape index (κ3) is 5.73. The maximum atomic E-state index is 13.1. The molecule has 0 unspecified atom stereocenters. The minimum atomic E-state index is -0.943. The Hall–Kier alpha value is -2.74. The number of benzene rings is 1. The van der Waals surface area contributed by atoms with Gasteiger partial charge >= 0.3 is 197 Å². The maximum absolute atomic E-state index is 13.1. The van der Waals surface area contributed by atoms with Gasteiger partial charge in [-0.25, -0.2) is 0 Å². The first-order chi connectivity index (χ1) is 15.6. The average Bonchev–Trinajstić information content (AvgIpc) is 3.24. The number of carbonyl (C=O) groups is 2. The van der Waals surface area contributed by atoms with Crippen molar-refractivity contribution in [3.05, 3.63) is 54.5 Å². The number of hydrogen-bond acceptors (Lipinski definition) is 7. The average molecular weight is 512 g/mol. The third-order valence-electron chi connectivity index (χ3n) is 5.01. The number of piperidine rings is 1. The number of rotatable bonds is 7. The van der Waals surface area contributed by atoms with Crippen molar-refractivity contribution in [2.45, 2.75) is 18.9 Å². The van der Waals surface area contributed by atoms with Gasteiger partial charge in [-0.15, -0.1) is 0 Å². The number of nitrogens with zero attached hydrogens (tertiary/aromatic N) is 2. The molecule has 1 saturated heterocycles. The van der Waals surface area contributed by atoms with Crippen molar-refractivity contribution in [3.63, 3.8) is 0 Å². The van der Waals surface area contributed by atoms with Crippen LogP contribution in [0, 0.1) is 0 Å². The van der Waals surface area contributed by atoms with Gasteiger partial charge in [0.1, 0.15) is 0 Å². The van der Waals surface area contributed by atoms with E-state index in [2.05, 4.69) is 25.9 Å². The van der Waals surface area contributed by atoms with Crippen molar-refractivity contribution in [2.75, 3.05) is 25.5 Å². The SMILES string of the molecule is COc1ccc(-c2cc(C(=O)NC3CCNCC3)c([As]C(=O)Nc3cnccn3)s2)cc1. The molecule has 1 fully saturated rings. The second-order valence-corrected chi connectivity index (χ2v) is 11.2. The van der Waals surface area contributed by atoms with Gasteiger partial charge in [-0.3, -0.25) is 0 Å². The third-order valence-corrected chi connectivity index (χ3v) is 8.64. The van der Waals surface area contributed by atoms with E-state index in [0.29, 0.717) is 11.4 Å². The molecule has 0 atom stereocenters. The summed E-state index contributed by atoms with van der Waals surface area (Å²) in [5, 5.41) is 9.24. The van der Waals surface area contributed by atoms with Crippen molar-refractivity contribution >= 4 is 47.2 Å². The first-order valence-electron chi connectivity index (χ1n) is 10.2. The molecule has 3 N–H and O–H groups in total. The normalized spacial score (nSPS) is 14.4. The van der Waals surface area contributed by atoms with Gasteiger partial charge in [-0.05, 0) is 0 Å². The summed E-state index contributed by atoms with van der Waals surface area (Å²) < 4.78 is 5.89. The predicted octanol–water partition coefficient (Wildman–Crippen LogP) is 2.26. The number of nitrogens with one attached hydrogen (secondary N) is 3. The van der Waals surface area contributed by atoms with Crippen LogP contribution in [-0.4, -0.2) is 62.6 Å². The molecule has 2 aromatic heterocycles. The number of carbonyl (C=O) groups excluding carboxylic acids is 2.